The van der Waals surface area contributed by atoms with E-state index in [1.54, 1.807) is 0 Å². The van der Waals surface area contributed by atoms with Crippen LogP contribution in [0.3, 0.4) is 0 Å². The van der Waals surface area contributed by atoms with E-state index >= 15 is 0 Å². The number of ether oxygens (including phenoxy) is 6. The molecule has 0 spiro atoms. The Kier molecular flexibility index (Phi) is 7.40. The molecule has 0 unspecified atom stereocenters. The van der Waals surface area contributed by atoms with Gasteiger partial charge in [0, 0.05) is 35.0 Å². The molecule has 1 rings (SSSR count). The second kappa shape index (κ2) is 8.80. The highest BCUT2D eigenvalue weighted by atomic mass is 16.7. The van der Waals surface area contributed by atoms with Gasteiger partial charge in [0.1, 0.15) is 18.8 Å². The average molecular weight is 334 g/mol. The Bertz CT molecular complexity index is 436. The summed E-state index contributed by atoms with van der Waals surface area (Å²) in [4.78, 5) is 33.8. The Morgan fingerprint density at radius 3 is 1.83 bits per heavy atom. The van der Waals surface area contributed by atoms with Crippen molar-refractivity contribution in [3.05, 3.63) is 0 Å². The van der Waals surface area contributed by atoms with Crippen molar-refractivity contribution in [1.82, 2.24) is 0 Å². The van der Waals surface area contributed by atoms with Gasteiger partial charge in [-0.05, 0) is 0 Å². The van der Waals surface area contributed by atoms with Crippen molar-refractivity contribution < 1.29 is 42.8 Å². The van der Waals surface area contributed by atoms with Crippen molar-refractivity contribution in [3.8, 4) is 0 Å². The van der Waals surface area contributed by atoms with Crippen molar-refractivity contribution in [2.24, 2.45) is 0 Å². The third-order valence-corrected chi connectivity index (χ3v) is 3.15. The molecule has 1 fully saturated rings. The van der Waals surface area contributed by atoms with Crippen LogP contribution in [0.15, 0.2) is 0 Å². The van der Waals surface area contributed by atoms with Gasteiger partial charge in [-0.1, -0.05) is 0 Å². The van der Waals surface area contributed by atoms with Crippen LogP contribution in [0.2, 0.25) is 0 Å². The van der Waals surface area contributed by atoms with Crippen LogP contribution < -0.4 is 0 Å². The van der Waals surface area contributed by atoms with Crippen molar-refractivity contribution in [3.63, 3.8) is 0 Å². The van der Waals surface area contributed by atoms with Gasteiger partial charge in [0.15, 0.2) is 18.5 Å². The minimum Gasteiger partial charge on any atom is -0.463 e. The Morgan fingerprint density at radius 1 is 0.826 bits per heavy atom. The molecule has 0 saturated carbocycles. The molecule has 1 saturated heterocycles. The quantitative estimate of drug-likeness (QED) is 0.482. The Morgan fingerprint density at radius 2 is 1.39 bits per heavy atom. The lowest BCUT2D eigenvalue weighted by molar-refractivity contribution is -0.304. The van der Waals surface area contributed by atoms with Gasteiger partial charge in [-0.25, -0.2) is 0 Å². The fourth-order valence-electron chi connectivity index (χ4n) is 2.31. The van der Waals surface area contributed by atoms with Crippen LogP contribution in [0.25, 0.3) is 0 Å². The van der Waals surface area contributed by atoms with E-state index in [1.807, 2.05) is 0 Å². The largest absolute Gasteiger partial charge is 0.463 e. The maximum atomic E-state index is 11.4. The summed E-state index contributed by atoms with van der Waals surface area (Å²) in [6.07, 6.45) is -4.56. The van der Waals surface area contributed by atoms with Crippen molar-refractivity contribution in [2.75, 3.05) is 20.8 Å². The molecule has 0 aromatic rings. The van der Waals surface area contributed by atoms with E-state index in [0.29, 0.717) is 0 Å². The molecule has 0 aromatic heterocycles. The van der Waals surface area contributed by atoms with Crippen LogP contribution in [0.4, 0.5) is 0 Å². The molecule has 0 N–H and O–H groups in total. The molecule has 9 heteroatoms. The van der Waals surface area contributed by atoms with Crippen LogP contribution >= 0.6 is 0 Å². The van der Waals surface area contributed by atoms with Crippen LogP contribution in [-0.4, -0.2) is 69.4 Å². The zero-order chi connectivity index (χ0) is 17.6. The predicted molar refractivity (Wildman–Crippen MR) is 74.2 cm³/mol. The fraction of sp³-hybridized carbons (Fsp3) is 0.786. The molecule has 23 heavy (non-hydrogen) atoms. The maximum Gasteiger partial charge on any atom is 0.303 e. The summed E-state index contributed by atoms with van der Waals surface area (Å²) in [5, 5.41) is 0. The van der Waals surface area contributed by atoms with E-state index in [-0.39, 0.29) is 6.61 Å². The number of hydrogen-bond acceptors (Lipinski definition) is 9. The van der Waals surface area contributed by atoms with Gasteiger partial charge in [-0.3, -0.25) is 14.4 Å². The van der Waals surface area contributed by atoms with Gasteiger partial charge in [-0.15, -0.1) is 0 Å². The second-order valence-corrected chi connectivity index (χ2v) is 4.93. The molecule has 0 amide bonds. The van der Waals surface area contributed by atoms with Crippen LogP contribution in [0.1, 0.15) is 20.8 Å². The third-order valence-electron chi connectivity index (χ3n) is 3.15. The van der Waals surface area contributed by atoms with E-state index in [1.165, 1.54) is 35.0 Å². The highest BCUT2D eigenvalue weighted by molar-refractivity contribution is 5.67. The lowest BCUT2D eigenvalue weighted by Crippen LogP contribution is -2.62. The first-order valence-electron chi connectivity index (χ1n) is 6.99. The first-order chi connectivity index (χ1) is 10.8. The van der Waals surface area contributed by atoms with Crippen LogP contribution in [-0.2, 0) is 42.8 Å². The smallest absolute Gasteiger partial charge is 0.303 e. The summed E-state index contributed by atoms with van der Waals surface area (Å²) >= 11 is 0. The Hall–Kier alpha value is -1.71. The van der Waals surface area contributed by atoms with Gasteiger partial charge < -0.3 is 28.4 Å². The number of hydrogen-bond donors (Lipinski definition) is 0. The van der Waals surface area contributed by atoms with Crippen LogP contribution in [0.5, 0.6) is 0 Å². The molecule has 0 aliphatic carbocycles. The summed E-state index contributed by atoms with van der Waals surface area (Å²) in [5.74, 6) is -1.71. The minimum atomic E-state index is -1.01. The van der Waals surface area contributed by atoms with Gasteiger partial charge in [0.25, 0.3) is 0 Å². The van der Waals surface area contributed by atoms with E-state index in [0.717, 1.165) is 0 Å². The van der Waals surface area contributed by atoms with Crippen LogP contribution in [0, 0.1) is 0 Å². The molecular formula is C14H22O9. The maximum absolute atomic E-state index is 11.4. The molecule has 0 radical (unpaired) electrons. The monoisotopic (exact) mass is 334 g/mol. The number of carbonyl (C=O) groups excluding carboxylic acids is 3. The molecule has 1 aliphatic heterocycles. The average Bonchev–Trinajstić information content (AvgIpc) is 2.45. The molecule has 1 aliphatic rings. The summed E-state index contributed by atoms with van der Waals surface area (Å²) in [5.41, 5.74) is 0. The first kappa shape index (κ1) is 19.3. The van der Waals surface area contributed by atoms with E-state index < -0.39 is 48.6 Å². The van der Waals surface area contributed by atoms with Gasteiger partial charge in [0.2, 0.25) is 0 Å². The van der Waals surface area contributed by atoms with E-state index in [2.05, 4.69) is 0 Å². The van der Waals surface area contributed by atoms with Crippen molar-refractivity contribution in [1.29, 1.82) is 0 Å². The Labute approximate surface area is 134 Å². The van der Waals surface area contributed by atoms with Gasteiger partial charge >= 0.3 is 17.9 Å². The lowest BCUT2D eigenvalue weighted by Gasteiger charge is -2.43. The normalized spacial score (nSPS) is 30.4. The number of carbonyl (C=O) groups is 3. The lowest BCUT2D eigenvalue weighted by atomic mass is 9.98. The predicted octanol–water partition coefficient (Wildman–Crippen LogP) is -0.201. The number of esters is 3. The molecular weight excluding hydrogens is 312 g/mol. The second-order valence-electron chi connectivity index (χ2n) is 4.93. The first-order valence-corrected chi connectivity index (χ1v) is 6.99. The summed E-state index contributed by atoms with van der Waals surface area (Å²) < 4.78 is 31.4. The summed E-state index contributed by atoms with van der Waals surface area (Å²) in [7, 11) is 2.77. The topological polar surface area (TPSA) is 107 Å². The van der Waals surface area contributed by atoms with Gasteiger partial charge in [0.05, 0.1) is 0 Å². The highest BCUT2D eigenvalue weighted by Crippen LogP contribution is 2.28. The zero-order valence-corrected chi connectivity index (χ0v) is 13.8. The van der Waals surface area contributed by atoms with E-state index in [4.69, 9.17) is 28.4 Å². The van der Waals surface area contributed by atoms with Crippen molar-refractivity contribution in [2.45, 2.75) is 51.5 Å². The zero-order valence-electron chi connectivity index (χ0n) is 13.8. The number of rotatable bonds is 6. The number of methoxy groups -OCH3 is 2. The molecule has 0 bridgehead atoms. The van der Waals surface area contributed by atoms with Gasteiger partial charge in [-0.2, -0.15) is 0 Å². The van der Waals surface area contributed by atoms with E-state index in [9.17, 15) is 14.4 Å². The highest BCUT2D eigenvalue weighted by Gasteiger charge is 2.50. The Balaban J connectivity index is 3.08. The molecule has 132 valence electrons. The molecule has 0 aromatic carbocycles. The summed E-state index contributed by atoms with van der Waals surface area (Å²) in [6, 6.07) is 0. The third kappa shape index (κ3) is 5.45. The molecule has 9 nitrogen and oxygen atoms in total. The minimum absolute atomic E-state index is 0.193. The standard InChI is InChI=1S/C14H22O9/c1-7(15)20-6-10-11(21-8(2)16)12(22-9(3)17)13(18-4)14(19-5)23-10/h10-14H,6H2,1-5H3/t10-,11-,12+,13-,14+/m1/s1. The summed E-state index contributed by atoms with van der Waals surface area (Å²) in [6.45, 7) is 3.47. The molecule has 1 heterocycles. The van der Waals surface area contributed by atoms with Crippen molar-refractivity contribution >= 4 is 17.9 Å². The fourth-order valence-corrected chi connectivity index (χ4v) is 2.31. The SMILES string of the molecule is CO[C@H]1O[C@H](COC(C)=O)[C@@H](OC(C)=O)[C@H](OC(C)=O)[C@H]1OC. The molecule has 5 atom stereocenters.